The Kier molecular flexibility index (Phi) is 3.67. The SMILES string of the molecule is CC(=O)Nc1nc(C(Br)Br)cs1. The molecule has 0 aromatic carbocycles. The highest BCUT2D eigenvalue weighted by atomic mass is 79.9. The van der Waals surface area contributed by atoms with Crippen molar-refractivity contribution < 1.29 is 4.79 Å². The maximum atomic E-state index is 10.6. The maximum Gasteiger partial charge on any atom is 0.223 e. The molecule has 0 aliphatic rings. The lowest BCUT2D eigenvalue weighted by Gasteiger charge is -1.94. The molecule has 1 heterocycles. The standard InChI is InChI=1S/C6H6Br2N2OS/c1-3(11)9-6-10-4(2-12-6)5(7)8/h2,5H,1H3,(H,9,10,11). The van der Waals surface area contributed by atoms with Gasteiger partial charge in [-0.1, -0.05) is 31.9 Å². The second-order valence-electron chi connectivity index (χ2n) is 2.06. The van der Waals surface area contributed by atoms with Crippen molar-refractivity contribution in [2.75, 3.05) is 5.32 Å². The minimum absolute atomic E-state index is 0.0451. The molecule has 0 fully saturated rings. The van der Waals surface area contributed by atoms with E-state index >= 15 is 0 Å². The fourth-order valence-electron chi connectivity index (χ4n) is 0.594. The van der Waals surface area contributed by atoms with Gasteiger partial charge >= 0.3 is 0 Å². The predicted octanol–water partition coefficient (Wildman–Crippen LogP) is 2.89. The highest BCUT2D eigenvalue weighted by Crippen LogP contribution is 2.31. The molecule has 1 aromatic heterocycles. The van der Waals surface area contributed by atoms with E-state index in [9.17, 15) is 4.79 Å². The van der Waals surface area contributed by atoms with Crippen LogP contribution in [0.5, 0.6) is 0 Å². The average Bonchev–Trinajstić information content (AvgIpc) is 2.34. The number of nitrogens with zero attached hydrogens (tertiary/aromatic N) is 1. The largest absolute Gasteiger partial charge is 0.302 e. The molecule has 0 bridgehead atoms. The fourth-order valence-corrected chi connectivity index (χ4v) is 2.20. The van der Waals surface area contributed by atoms with Crippen LogP contribution in [0.3, 0.4) is 0 Å². The number of hydrogen-bond acceptors (Lipinski definition) is 3. The van der Waals surface area contributed by atoms with Crippen molar-refractivity contribution in [3.8, 4) is 0 Å². The summed E-state index contributed by atoms with van der Waals surface area (Å²) in [7, 11) is 0. The second kappa shape index (κ2) is 4.34. The van der Waals surface area contributed by atoms with Crippen molar-refractivity contribution in [1.82, 2.24) is 4.98 Å². The third-order valence-electron chi connectivity index (χ3n) is 1.03. The highest BCUT2D eigenvalue weighted by Gasteiger charge is 2.08. The third-order valence-corrected chi connectivity index (χ3v) is 2.74. The van der Waals surface area contributed by atoms with Gasteiger partial charge in [0.15, 0.2) is 5.13 Å². The van der Waals surface area contributed by atoms with Crippen molar-refractivity contribution in [2.24, 2.45) is 0 Å². The summed E-state index contributed by atoms with van der Waals surface area (Å²) in [6.07, 6.45) is 0. The molecular weight excluding hydrogens is 308 g/mol. The molecule has 0 aliphatic carbocycles. The summed E-state index contributed by atoms with van der Waals surface area (Å²) in [5, 5.41) is 5.11. The van der Waals surface area contributed by atoms with E-state index in [0.717, 1.165) is 5.69 Å². The molecule has 0 saturated heterocycles. The van der Waals surface area contributed by atoms with Crippen LogP contribution in [0, 0.1) is 0 Å². The molecule has 0 aliphatic heterocycles. The number of carbonyl (C=O) groups is 1. The van der Waals surface area contributed by atoms with Crippen LogP contribution >= 0.6 is 43.2 Å². The first-order valence-corrected chi connectivity index (χ1v) is 5.82. The Labute approximate surface area is 90.8 Å². The van der Waals surface area contributed by atoms with Gasteiger partial charge in [-0.25, -0.2) is 4.98 Å². The molecule has 1 N–H and O–H groups in total. The van der Waals surface area contributed by atoms with E-state index in [1.54, 1.807) is 0 Å². The molecule has 0 radical (unpaired) electrons. The summed E-state index contributed by atoms with van der Waals surface area (Å²) in [6, 6.07) is 0. The van der Waals surface area contributed by atoms with Gasteiger partial charge in [0.05, 0.1) is 5.69 Å². The Hall–Kier alpha value is 0.0600. The Bertz CT molecular complexity index is 287. The first kappa shape index (κ1) is 10.1. The number of alkyl halides is 2. The van der Waals surface area contributed by atoms with Crippen molar-refractivity contribution in [3.05, 3.63) is 11.1 Å². The lowest BCUT2D eigenvalue weighted by molar-refractivity contribution is -0.114. The quantitative estimate of drug-likeness (QED) is 0.853. The minimum Gasteiger partial charge on any atom is -0.302 e. The smallest absolute Gasteiger partial charge is 0.223 e. The molecule has 0 spiro atoms. The molecule has 1 amide bonds. The number of rotatable bonds is 2. The summed E-state index contributed by atoms with van der Waals surface area (Å²) >= 11 is 8.02. The molecular formula is C6H6Br2N2OS. The number of anilines is 1. The van der Waals surface area contributed by atoms with Gasteiger partial charge in [0.1, 0.15) is 3.74 Å². The normalized spacial score (nSPS) is 10.3. The van der Waals surface area contributed by atoms with Gasteiger partial charge in [-0.2, -0.15) is 0 Å². The number of hydrogen-bond donors (Lipinski definition) is 1. The van der Waals surface area contributed by atoms with E-state index in [1.165, 1.54) is 18.3 Å². The number of aromatic nitrogens is 1. The van der Waals surface area contributed by atoms with Gasteiger partial charge in [-0.3, -0.25) is 4.79 Å². The van der Waals surface area contributed by atoms with Gasteiger partial charge < -0.3 is 5.32 Å². The van der Waals surface area contributed by atoms with Crippen LogP contribution in [0.4, 0.5) is 5.13 Å². The topological polar surface area (TPSA) is 42.0 Å². The zero-order chi connectivity index (χ0) is 9.14. The van der Waals surface area contributed by atoms with Crippen molar-refractivity contribution in [3.63, 3.8) is 0 Å². The Morgan fingerprint density at radius 1 is 1.75 bits per heavy atom. The van der Waals surface area contributed by atoms with Crippen molar-refractivity contribution in [1.29, 1.82) is 0 Å². The Balaban J connectivity index is 2.70. The van der Waals surface area contributed by atoms with Crippen LogP contribution in [-0.2, 0) is 4.79 Å². The van der Waals surface area contributed by atoms with E-state index in [2.05, 4.69) is 42.2 Å². The Morgan fingerprint density at radius 2 is 2.42 bits per heavy atom. The van der Waals surface area contributed by atoms with Crippen molar-refractivity contribution >= 4 is 54.2 Å². The summed E-state index contributed by atoms with van der Waals surface area (Å²) in [5.74, 6) is -0.100. The van der Waals surface area contributed by atoms with E-state index in [1.807, 2.05) is 5.38 Å². The molecule has 1 aromatic rings. The lowest BCUT2D eigenvalue weighted by Crippen LogP contribution is -2.05. The van der Waals surface area contributed by atoms with E-state index in [4.69, 9.17) is 0 Å². The molecule has 66 valence electrons. The molecule has 0 saturated carbocycles. The molecule has 0 atom stereocenters. The zero-order valence-corrected chi connectivity index (χ0v) is 10.2. The predicted molar refractivity (Wildman–Crippen MR) is 57.0 cm³/mol. The van der Waals surface area contributed by atoms with Crippen LogP contribution in [0.2, 0.25) is 0 Å². The fraction of sp³-hybridized carbons (Fsp3) is 0.333. The molecule has 0 unspecified atom stereocenters. The number of thiazole rings is 1. The third kappa shape index (κ3) is 2.84. The second-order valence-corrected chi connectivity index (χ2v) is 5.98. The van der Waals surface area contributed by atoms with Gasteiger partial charge in [0, 0.05) is 12.3 Å². The van der Waals surface area contributed by atoms with E-state index in [-0.39, 0.29) is 9.64 Å². The molecule has 12 heavy (non-hydrogen) atoms. The lowest BCUT2D eigenvalue weighted by atomic mass is 10.6. The minimum atomic E-state index is -0.100. The number of amides is 1. The maximum absolute atomic E-state index is 10.6. The van der Waals surface area contributed by atoms with Gasteiger partial charge in [0.25, 0.3) is 0 Å². The molecule has 3 nitrogen and oxygen atoms in total. The number of halogens is 2. The van der Waals surface area contributed by atoms with Crippen LogP contribution in [0.1, 0.15) is 16.4 Å². The summed E-state index contributed by atoms with van der Waals surface area (Å²) in [4.78, 5) is 14.8. The van der Waals surface area contributed by atoms with Gasteiger partial charge in [0.2, 0.25) is 5.91 Å². The van der Waals surface area contributed by atoms with E-state index in [0.29, 0.717) is 5.13 Å². The summed E-state index contributed by atoms with van der Waals surface area (Å²) in [6.45, 7) is 1.46. The Morgan fingerprint density at radius 3 is 2.83 bits per heavy atom. The first-order chi connectivity index (χ1) is 5.59. The summed E-state index contributed by atoms with van der Waals surface area (Å²) in [5.41, 5.74) is 0.865. The highest BCUT2D eigenvalue weighted by molar-refractivity contribution is 9.24. The average molecular weight is 314 g/mol. The van der Waals surface area contributed by atoms with Gasteiger partial charge in [-0.05, 0) is 0 Å². The first-order valence-electron chi connectivity index (χ1n) is 3.10. The number of nitrogens with one attached hydrogen (secondary N) is 1. The molecule has 6 heteroatoms. The van der Waals surface area contributed by atoms with Crippen molar-refractivity contribution in [2.45, 2.75) is 10.7 Å². The van der Waals surface area contributed by atoms with Crippen LogP contribution in [0.25, 0.3) is 0 Å². The molecule has 1 rings (SSSR count). The number of carbonyl (C=O) groups excluding carboxylic acids is 1. The monoisotopic (exact) mass is 312 g/mol. The summed E-state index contributed by atoms with van der Waals surface area (Å²) < 4.78 is 0.0451. The van der Waals surface area contributed by atoms with E-state index < -0.39 is 0 Å². The van der Waals surface area contributed by atoms with Crippen LogP contribution < -0.4 is 5.32 Å². The zero-order valence-electron chi connectivity index (χ0n) is 6.17. The van der Waals surface area contributed by atoms with Crippen LogP contribution in [-0.4, -0.2) is 10.9 Å². The van der Waals surface area contributed by atoms with Gasteiger partial charge in [-0.15, -0.1) is 11.3 Å². The van der Waals surface area contributed by atoms with Crippen LogP contribution in [0.15, 0.2) is 5.38 Å².